The quantitative estimate of drug-likeness (QED) is 0.0511. The lowest BCUT2D eigenvalue weighted by molar-refractivity contribution is -0.123. The molecule has 1 aromatic heterocycles. The molecular weight excluding hydrogens is 926 g/mol. The van der Waals surface area contributed by atoms with E-state index in [2.05, 4.69) is 17.3 Å². The summed E-state index contributed by atoms with van der Waals surface area (Å²) in [4.78, 5) is 44.3. The number of ether oxygens (including phenoxy) is 2. The number of aliphatic imine (C=N–C) groups is 3. The van der Waals surface area contributed by atoms with Gasteiger partial charge in [-0.15, -0.1) is 0 Å². The standard InChI is InChI=1S/C51H67Cl2N7O7S/c1-9-12-13-14-15-16-17-18-19-20-21-44(67-37-24-27-43(61)39(32-37)51(5,6)7)48(62)55-45-33-42(49(63)66-11-3)58-60(45)50-56-46(38-25-22-35(52)31-40(38)53)47(57-50)54-41-26-23-36(30-34(41)4)59(10-2)28-29-68(8,64)65/h22-27,30-33,44,61H,9-21,28-29H2,1-8H3,(H,55,62). The first-order chi connectivity index (χ1) is 32.3. The predicted octanol–water partition coefficient (Wildman–Crippen LogP) is 11.7. The van der Waals surface area contributed by atoms with Crippen LogP contribution in [-0.2, 0) is 24.8 Å². The molecule has 0 aliphatic carbocycles. The molecule has 0 saturated heterocycles. The number of nitrogens with one attached hydrogen (secondary N) is 1. The summed E-state index contributed by atoms with van der Waals surface area (Å²) >= 11 is 13.1. The van der Waals surface area contributed by atoms with Crippen LogP contribution < -0.4 is 15.0 Å². The molecule has 2 N–H and O–H groups in total. The van der Waals surface area contributed by atoms with Crippen molar-refractivity contribution in [3.05, 3.63) is 93.1 Å². The van der Waals surface area contributed by atoms with E-state index in [1.165, 1.54) is 55.5 Å². The Morgan fingerprint density at radius 1 is 0.897 bits per heavy atom. The smallest absolute Gasteiger partial charge is 0.358 e. The Balaban J connectivity index is 1.51. The van der Waals surface area contributed by atoms with Gasteiger partial charge in [-0.3, -0.25) is 4.79 Å². The second-order valence-corrected chi connectivity index (χ2v) is 21.3. The number of sulfone groups is 1. The SMILES string of the molecule is CCCCCCCCCCCCC(Oc1ccc(O)c(C(C)(C)C)c1)C(=O)Nc1cc(C(=O)OCC)nn1C1=NC(=Nc2ccc(N(CC)CCS(C)(=O)=O)cc2C)C(c2ccc(Cl)cc2Cl)=N1. The highest BCUT2D eigenvalue weighted by Gasteiger charge is 2.30. The topological polar surface area (TPSA) is 177 Å². The molecule has 14 nitrogen and oxygen atoms in total. The number of hydrogen-bond acceptors (Lipinski definition) is 11. The first-order valence-corrected chi connectivity index (χ1v) is 26.5. The predicted molar refractivity (Wildman–Crippen MR) is 276 cm³/mol. The molecule has 3 aromatic carbocycles. The minimum absolute atomic E-state index is 0.0145. The number of carbonyl (C=O) groups is 2. The molecule has 368 valence electrons. The van der Waals surface area contributed by atoms with Gasteiger partial charge in [0.25, 0.3) is 11.9 Å². The highest BCUT2D eigenvalue weighted by molar-refractivity contribution is 7.90. The van der Waals surface area contributed by atoms with Crippen molar-refractivity contribution < 1.29 is 32.6 Å². The molecule has 2 heterocycles. The van der Waals surface area contributed by atoms with E-state index < -0.39 is 33.2 Å². The molecule has 4 aromatic rings. The zero-order chi connectivity index (χ0) is 49.6. The lowest BCUT2D eigenvalue weighted by Gasteiger charge is -2.23. The number of amides is 1. The van der Waals surface area contributed by atoms with Crippen molar-refractivity contribution in [3.8, 4) is 11.5 Å². The third kappa shape index (κ3) is 15.4. The van der Waals surface area contributed by atoms with E-state index in [0.717, 1.165) is 36.9 Å². The molecular formula is C51H67Cl2N7O7S. The molecule has 1 aliphatic rings. The Hall–Kier alpha value is -5.25. The van der Waals surface area contributed by atoms with Gasteiger partial charge in [-0.25, -0.2) is 23.2 Å². The minimum atomic E-state index is -3.17. The molecule has 0 radical (unpaired) electrons. The normalized spacial score (nSPS) is 13.9. The van der Waals surface area contributed by atoms with Gasteiger partial charge in [0.1, 0.15) is 32.9 Å². The number of anilines is 2. The van der Waals surface area contributed by atoms with Crippen molar-refractivity contribution in [3.63, 3.8) is 0 Å². The van der Waals surface area contributed by atoms with E-state index in [1.807, 2.05) is 57.7 Å². The molecule has 68 heavy (non-hydrogen) atoms. The van der Waals surface area contributed by atoms with Crippen molar-refractivity contribution in [1.29, 1.82) is 0 Å². The number of aryl methyl sites for hydroxylation is 1. The Morgan fingerprint density at radius 3 is 2.21 bits per heavy atom. The van der Waals surface area contributed by atoms with Crippen LogP contribution in [0.15, 0.2) is 75.6 Å². The maximum atomic E-state index is 14.5. The molecule has 1 unspecified atom stereocenters. The van der Waals surface area contributed by atoms with Gasteiger partial charge in [-0.2, -0.15) is 14.8 Å². The number of amidine groups is 1. The van der Waals surface area contributed by atoms with Gasteiger partial charge in [-0.1, -0.05) is 109 Å². The van der Waals surface area contributed by atoms with E-state index in [0.29, 0.717) is 47.1 Å². The van der Waals surface area contributed by atoms with Crippen LogP contribution in [0.3, 0.4) is 0 Å². The van der Waals surface area contributed by atoms with Gasteiger partial charge in [-0.05, 0) is 99.2 Å². The van der Waals surface area contributed by atoms with Crippen LogP contribution >= 0.6 is 23.2 Å². The molecule has 0 bridgehead atoms. The first kappa shape index (κ1) is 53.7. The molecule has 1 aliphatic heterocycles. The number of phenolic OH excluding ortho intramolecular Hbond substituents is 1. The summed E-state index contributed by atoms with van der Waals surface area (Å²) in [6, 6.07) is 17.0. The van der Waals surface area contributed by atoms with E-state index in [-0.39, 0.29) is 52.2 Å². The number of halogens is 2. The van der Waals surface area contributed by atoms with Gasteiger partial charge < -0.3 is 24.8 Å². The number of carbonyl (C=O) groups excluding carboxylic acids is 2. The fourth-order valence-electron chi connectivity index (χ4n) is 7.73. The fourth-order valence-corrected chi connectivity index (χ4v) is 8.78. The number of rotatable bonds is 24. The molecule has 5 rings (SSSR count). The lowest BCUT2D eigenvalue weighted by Crippen LogP contribution is -2.34. The van der Waals surface area contributed by atoms with Gasteiger partial charge in [0.15, 0.2) is 17.6 Å². The summed E-state index contributed by atoms with van der Waals surface area (Å²) in [6.45, 7) is 14.7. The molecule has 0 spiro atoms. The third-order valence-electron chi connectivity index (χ3n) is 11.5. The van der Waals surface area contributed by atoms with Crippen molar-refractivity contribution >= 4 is 79.6 Å². The zero-order valence-electron chi connectivity index (χ0n) is 40.7. The Bertz CT molecular complexity index is 2600. The van der Waals surface area contributed by atoms with Gasteiger partial charge >= 0.3 is 5.97 Å². The number of esters is 1. The van der Waals surface area contributed by atoms with Crippen molar-refractivity contribution in [2.75, 3.05) is 41.9 Å². The average Bonchev–Trinajstić information content (AvgIpc) is 3.89. The van der Waals surface area contributed by atoms with Crippen molar-refractivity contribution in [2.45, 2.75) is 131 Å². The van der Waals surface area contributed by atoms with Gasteiger partial charge in [0, 0.05) is 47.2 Å². The molecule has 0 fully saturated rings. The van der Waals surface area contributed by atoms with Gasteiger partial charge in [0.2, 0.25) is 0 Å². The zero-order valence-corrected chi connectivity index (χ0v) is 43.0. The highest BCUT2D eigenvalue weighted by atomic mass is 35.5. The average molecular weight is 993 g/mol. The highest BCUT2D eigenvalue weighted by Crippen LogP contribution is 2.35. The summed E-state index contributed by atoms with van der Waals surface area (Å²) in [5, 5.41) is 18.9. The van der Waals surface area contributed by atoms with Crippen LogP contribution in [0.5, 0.6) is 11.5 Å². The number of benzene rings is 3. The van der Waals surface area contributed by atoms with Gasteiger partial charge in [0.05, 0.1) is 23.1 Å². The summed E-state index contributed by atoms with van der Waals surface area (Å²) in [5.74, 6) is -0.416. The second kappa shape index (κ2) is 24.9. The molecule has 0 saturated carbocycles. The second-order valence-electron chi connectivity index (χ2n) is 18.2. The number of unbranched alkanes of at least 4 members (excludes halogenated alkanes) is 9. The summed E-state index contributed by atoms with van der Waals surface area (Å²) < 4.78 is 36.9. The first-order valence-electron chi connectivity index (χ1n) is 23.7. The minimum Gasteiger partial charge on any atom is -0.508 e. The lowest BCUT2D eigenvalue weighted by atomic mass is 9.86. The Morgan fingerprint density at radius 2 is 1.59 bits per heavy atom. The van der Waals surface area contributed by atoms with E-state index >= 15 is 0 Å². The largest absolute Gasteiger partial charge is 0.508 e. The van der Waals surface area contributed by atoms with Crippen LogP contribution in [0.4, 0.5) is 17.2 Å². The van der Waals surface area contributed by atoms with E-state index in [4.69, 9.17) is 47.7 Å². The maximum Gasteiger partial charge on any atom is 0.358 e. The van der Waals surface area contributed by atoms with E-state index in [9.17, 15) is 23.1 Å². The maximum absolute atomic E-state index is 14.5. The van der Waals surface area contributed by atoms with Crippen LogP contribution in [0.2, 0.25) is 10.0 Å². The summed E-state index contributed by atoms with van der Waals surface area (Å²) in [7, 11) is -3.17. The Labute approximate surface area is 412 Å². The van der Waals surface area contributed by atoms with Crippen LogP contribution in [0, 0.1) is 6.92 Å². The van der Waals surface area contributed by atoms with E-state index in [1.54, 1.807) is 43.3 Å². The van der Waals surface area contributed by atoms with Crippen molar-refractivity contribution in [1.82, 2.24) is 9.78 Å². The third-order valence-corrected chi connectivity index (χ3v) is 13.0. The number of nitrogens with zero attached hydrogens (tertiary/aromatic N) is 6. The van der Waals surface area contributed by atoms with Crippen LogP contribution in [0.1, 0.15) is 139 Å². The Kier molecular flexibility index (Phi) is 19.6. The molecule has 17 heteroatoms. The van der Waals surface area contributed by atoms with Crippen molar-refractivity contribution in [2.24, 2.45) is 15.0 Å². The van der Waals surface area contributed by atoms with Crippen LogP contribution in [-0.4, -0.2) is 90.5 Å². The van der Waals surface area contributed by atoms with Crippen LogP contribution in [0.25, 0.3) is 0 Å². The molecule has 1 atom stereocenters. The summed E-state index contributed by atoms with van der Waals surface area (Å²) in [5.41, 5.74) is 3.11. The number of aromatic nitrogens is 2. The number of hydrogen-bond donors (Lipinski definition) is 2. The number of phenols is 1. The fraction of sp³-hybridized carbons (Fsp3) is 0.490. The summed E-state index contributed by atoms with van der Waals surface area (Å²) in [6.07, 6.45) is 11.9. The number of aromatic hydroxyl groups is 1. The monoisotopic (exact) mass is 991 g/mol. The molecule has 1 amide bonds.